The summed E-state index contributed by atoms with van der Waals surface area (Å²) in [6.07, 6.45) is 0. The molecular formula is C18H11Cl2N3O4. The summed E-state index contributed by atoms with van der Waals surface area (Å²) in [6.45, 7) is -0.288. The maximum Gasteiger partial charge on any atom is 0.322 e. The fourth-order valence-corrected chi connectivity index (χ4v) is 2.81. The molecule has 0 spiro atoms. The molecule has 0 radical (unpaired) electrons. The number of rotatable bonds is 5. The van der Waals surface area contributed by atoms with E-state index < -0.39 is 5.91 Å². The van der Waals surface area contributed by atoms with Crippen molar-refractivity contribution in [2.45, 2.75) is 0 Å². The summed E-state index contributed by atoms with van der Waals surface area (Å²) in [6, 6.07) is 13.9. The molecule has 0 bridgehead atoms. The van der Waals surface area contributed by atoms with Crippen molar-refractivity contribution < 1.29 is 18.4 Å². The van der Waals surface area contributed by atoms with Gasteiger partial charge in [-0.1, -0.05) is 46.5 Å². The number of benzene rings is 2. The zero-order valence-corrected chi connectivity index (χ0v) is 15.1. The van der Waals surface area contributed by atoms with Crippen LogP contribution in [-0.4, -0.2) is 22.7 Å². The third-order valence-corrected chi connectivity index (χ3v) is 4.09. The Kier molecular flexibility index (Phi) is 4.70. The summed E-state index contributed by atoms with van der Waals surface area (Å²) in [4.78, 5) is 12.0. The fraction of sp³-hybridized carbons (Fsp3) is 0.0556. The average molecular weight is 404 g/mol. The number of ether oxygens (including phenoxy) is 1. The highest BCUT2D eigenvalue weighted by molar-refractivity contribution is 6.35. The quantitative estimate of drug-likeness (QED) is 0.514. The van der Waals surface area contributed by atoms with Crippen LogP contribution < -0.4 is 10.1 Å². The van der Waals surface area contributed by atoms with Crippen LogP contribution in [0.1, 0.15) is 0 Å². The van der Waals surface area contributed by atoms with Crippen molar-refractivity contribution in [1.82, 2.24) is 10.2 Å². The van der Waals surface area contributed by atoms with Gasteiger partial charge in [-0.05, 0) is 30.3 Å². The molecule has 7 nitrogen and oxygen atoms in total. The number of amides is 1. The lowest BCUT2D eigenvalue weighted by atomic mass is 10.2. The first kappa shape index (κ1) is 17.4. The number of nitrogens with one attached hydrogen (secondary N) is 1. The van der Waals surface area contributed by atoms with E-state index in [2.05, 4.69) is 15.5 Å². The predicted molar refractivity (Wildman–Crippen MR) is 100 cm³/mol. The van der Waals surface area contributed by atoms with Crippen LogP contribution in [0.5, 0.6) is 5.75 Å². The molecule has 0 aliphatic carbocycles. The minimum absolute atomic E-state index is 0.0683. The lowest BCUT2D eigenvalue weighted by molar-refractivity contribution is -0.118. The van der Waals surface area contributed by atoms with Crippen LogP contribution in [-0.2, 0) is 4.79 Å². The van der Waals surface area contributed by atoms with E-state index >= 15 is 0 Å². The lowest BCUT2D eigenvalue weighted by Crippen LogP contribution is -2.20. The summed E-state index contributed by atoms with van der Waals surface area (Å²) in [7, 11) is 0. The molecule has 0 saturated heterocycles. The van der Waals surface area contributed by atoms with E-state index in [1.807, 2.05) is 24.3 Å². The molecule has 136 valence electrons. The number of para-hydroxylation sites is 1. The Balaban J connectivity index is 1.40. The monoisotopic (exact) mass is 403 g/mol. The Morgan fingerprint density at radius 3 is 2.74 bits per heavy atom. The van der Waals surface area contributed by atoms with Crippen molar-refractivity contribution in [3.8, 4) is 17.4 Å². The van der Waals surface area contributed by atoms with E-state index in [0.717, 1.165) is 5.39 Å². The lowest BCUT2D eigenvalue weighted by Gasteiger charge is -2.07. The van der Waals surface area contributed by atoms with Crippen LogP contribution >= 0.6 is 23.2 Å². The molecular weight excluding hydrogens is 393 g/mol. The first-order chi connectivity index (χ1) is 13.1. The summed E-state index contributed by atoms with van der Waals surface area (Å²) in [5, 5.41) is 11.8. The maximum atomic E-state index is 12.0. The number of hydrogen-bond donors (Lipinski definition) is 1. The molecule has 0 aliphatic heterocycles. The Morgan fingerprint density at radius 2 is 1.93 bits per heavy atom. The van der Waals surface area contributed by atoms with Gasteiger partial charge in [-0.2, -0.15) is 0 Å². The van der Waals surface area contributed by atoms with Gasteiger partial charge in [0.1, 0.15) is 11.3 Å². The van der Waals surface area contributed by atoms with E-state index in [9.17, 15) is 4.79 Å². The minimum atomic E-state index is -0.485. The van der Waals surface area contributed by atoms with Crippen LogP contribution in [0.3, 0.4) is 0 Å². The van der Waals surface area contributed by atoms with E-state index in [0.29, 0.717) is 27.1 Å². The topological polar surface area (TPSA) is 90.4 Å². The van der Waals surface area contributed by atoms with E-state index in [1.54, 1.807) is 18.2 Å². The van der Waals surface area contributed by atoms with Gasteiger partial charge in [-0.15, -0.1) is 5.10 Å². The highest BCUT2D eigenvalue weighted by Crippen LogP contribution is 2.28. The van der Waals surface area contributed by atoms with E-state index in [1.165, 1.54) is 6.07 Å². The van der Waals surface area contributed by atoms with Crippen LogP contribution in [0.15, 0.2) is 57.4 Å². The summed E-state index contributed by atoms with van der Waals surface area (Å²) in [5.41, 5.74) is 0.699. The fourth-order valence-electron chi connectivity index (χ4n) is 2.35. The molecule has 0 saturated carbocycles. The number of halogens is 2. The van der Waals surface area contributed by atoms with Gasteiger partial charge in [0.2, 0.25) is 0 Å². The molecule has 0 unspecified atom stereocenters. The number of hydrogen-bond acceptors (Lipinski definition) is 6. The number of nitrogens with zero attached hydrogens (tertiary/aromatic N) is 2. The van der Waals surface area contributed by atoms with Crippen molar-refractivity contribution in [3.05, 3.63) is 58.6 Å². The molecule has 0 aliphatic rings. The molecule has 4 aromatic rings. The Hall–Kier alpha value is -3.03. The van der Waals surface area contributed by atoms with Gasteiger partial charge in [0.15, 0.2) is 12.4 Å². The highest BCUT2D eigenvalue weighted by Gasteiger charge is 2.15. The third-order valence-electron chi connectivity index (χ3n) is 3.56. The smallest absolute Gasteiger partial charge is 0.322 e. The second kappa shape index (κ2) is 7.30. The number of anilines is 1. The van der Waals surface area contributed by atoms with Gasteiger partial charge < -0.3 is 13.6 Å². The minimum Gasteiger partial charge on any atom is -0.482 e. The predicted octanol–water partition coefficient (Wildman–Crippen LogP) is 4.81. The normalized spacial score (nSPS) is 10.9. The van der Waals surface area contributed by atoms with Crippen LogP contribution in [0.2, 0.25) is 10.0 Å². The summed E-state index contributed by atoms with van der Waals surface area (Å²) < 4.78 is 16.4. The summed E-state index contributed by atoms with van der Waals surface area (Å²) in [5.74, 6) is 0.419. The van der Waals surface area contributed by atoms with Gasteiger partial charge >= 0.3 is 6.01 Å². The summed E-state index contributed by atoms with van der Waals surface area (Å²) >= 11 is 11.8. The maximum absolute atomic E-state index is 12.0. The van der Waals surface area contributed by atoms with Gasteiger partial charge in [0.05, 0.1) is 5.02 Å². The van der Waals surface area contributed by atoms with Gasteiger partial charge in [0, 0.05) is 10.4 Å². The van der Waals surface area contributed by atoms with E-state index in [4.69, 9.17) is 36.8 Å². The molecule has 4 rings (SSSR count). The molecule has 2 aromatic heterocycles. The third kappa shape index (κ3) is 3.89. The number of furan rings is 1. The van der Waals surface area contributed by atoms with Crippen LogP contribution in [0.4, 0.5) is 6.01 Å². The van der Waals surface area contributed by atoms with Crippen molar-refractivity contribution in [3.63, 3.8) is 0 Å². The molecule has 2 heterocycles. The molecule has 2 aromatic carbocycles. The molecule has 1 amide bonds. The number of fused-ring (bicyclic) bond motifs is 1. The Bertz CT molecular complexity index is 1090. The number of carbonyl (C=O) groups excluding carboxylic acids is 1. The zero-order chi connectivity index (χ0) is 18.8. The first-order valence-electron chi connectivity index (χ1n) is 7.78. The second-order valence-electron chi connectivity index (χ2n) is 5.47. The molecule has 1 N–H and O–H groups in total. The molecule has 27 heavy (non-hydrogen) atoms. The van der Waals surface area contributed by atoms with Crippen molar-refractivity contribution >= 4 is 46.1 Å². The van der Waals surface area contributed by atoms with Crippen LogP contribution in [0, 0.1) is 0 Å². The van der Waals surface area contributed by atoms with Gasteiger partial charge in [0.25, 0.3) is 11.8 Å². The Morgan fingerprint density at radius 1 is 1.07 bits per heavy atom. The highest BCUT2D eigenvalue weighted by atomic mass is 35.5. The number of aromatic nitrogens is 2. The Labute approximate surface area is 162 Å². The van der Waals surface area contributed by atoms with Crippen molar-refractivity contribution in [2.24, 2.45) is 0 Å². The zero-order valence-electron chi connectivity index (χ0n) is 13.6. The van der Waals surface area contributed by atoms with Crippen LogP contribution in [0.25, 0.3) is 22.6 Å². The SMILES string of the molecule is O=C(COc1ccc(Cl)cc1Cl)Nc1nnc(-c2cc3ccccc3o2)o1. The molecule has 0 fully saturated rings. The van der Waals surface area contributed by atoms with Gasteiger partial charge in [-0.3, -0.25) is 10.1 Å². The second-order valence-corrected chi connectivity index (χ2v) is 6.32. The van der Waals surface area contributed by atoms with Crippen molar-refractivity contribution in [2.75, 3.05) is 11.9 Å². The molecule has 0 atom stereocenters. The van der Waals surface area contributed by atoms with E-state index in [-0.39, 0.29) is 18.5 Å². The standard InChI is InChI=1S/C18H11Cl2N3O4/c19-11-5-6-14(12(20)8-11)25-9-16(24)21-18-23-22-17(27-18)15-7-10-3-1-2-4-13(10)26-15/h1-8H,9H2,(H,21,23,24). The van der Waals surface area contributed by atoms with Crippen molar-refractivity contribution in [1.29, 1.82) is 0 Å². The number of carbonyl (C=O) groups is 1. The molecule has 9 heteroatoms. The average Bonchev–Trinajstić information content (AvgIpc) is 3.27. The first-order valence-corrected chi connectivity index (χ1v) is 8.54. The largest absolute Gasteiger partial charge is 0.482 e. The van der Waals surface area contributed by atoms with Gasteiger partial charge in [-0.25, -0.2) is 0 Å².